The van der Waals surface area contributed by atoms with Crippen LogP contribution in [0.2, 0.25) is 0 Å². The van der Waals surface area contributed by atoms with Gasteiger partial charge in [-0.25, -0.2) is 0 Å². The van der Waals surface area contributed by atoms with Crippen LogP contribution in [0.3, 0.4) is 0 Å². The van der Waals surface area contributed by atoms with E-state index in [0.29, 0.717) is 0 Å². The van der Waals surface area contributed by atoms with Crippen LogP contribution >= 0.6 is 11.8 Å². The maximum Gasteiger partial charge on any atom is 0.0545 e. The van der Waals surface area contributed by atoms with Crippen molar-refractivity contribution in [2.75, 3.05) is 18.1 Å². The fourth-order valence-electron chi connectivity index (χ4n) is 3.99. The van der Waals surface area contributed by atoms with E-state index in [4.69, 9.17) is 6.42 Å². The van der Waals surface area contributed by atoms with Crippen LogP contribution in [0.25, 0.3) is 0 Å². The van der Waals surface area contributed by atoms with Gasteiger partial charge in [-0.3, -0.25) is 0 Å². The number of hydrogen-bond acceptors (Lipinski definition) is 2. The summed E-state index contributed by atoms with van der Waals surface area (Å²) in [7, 11) is 0. The van der Waals surface area contributed by atoms with E-state index in [0.717, 1.165) is 35.9 Å². The van der Waals surface area contributed by atoms with Crippen molar-refractivity contribution in [2.45, 2.75) is 63.8 Å². The lowest BCUT2D eigenvalue weighted by Gasteiger charge is -2.39. The topological polar surface area (TPSA) is 12.0 Å². The van der Waals surface area contributed by atoms with E-state index in [1.54, 1.807) is 0 Å². The quantitative estimate of drug-likeness (QED) is 0.581. The van der Waals surface area contributed by atoms with Crippen molar-refractivity contribution >= 4 is 11.8 Å². The van der Waals surface area contributed by atoms with Crippen molar-refractivity contribution in [1.29, 1.82) is 0 Å². The summed E-state index contributed by atoms with van der Waals surface area (Å²) < 4.78 is 0. The first-order chi connectivity index (χ1) is 9.42. The number of nitrogens with one attached hydrogen (secondary N) is 1. The second kappa shape index (κ2) is 8.93. The lowest BCUT2D eigenvalue weighted by molar-refractivity contribution is 0.152. The molecule has 2 aliphatic rings. The Morgan fingerprint density at radius 1 is 1.00 bits per heavy atom. The predicted octanol–water partition coefficient (Wildman–Crippen LogP) is 4.08. The highest BCUT2D eigenvalue weighted by atomic mass is 32.2. The van der Waals surface area contributed by atoms with Crippen LogP contribution in [0.4, 0.5) is 0 Å². The molecule has 2 unspecified atom stereocenters. The summed E-state index contributed by atoms with van der Waals surface area (Å²) in [6.07, 6.45) is 18.5. The molecular formula is C17H29NS. The van der Waals surface area contributed by atoms with Gasteiger partial charge in [0.05, 0.1) is 5.75 Å². The Morgan fingerprint density at radius 2 is 1.74 bits per heavy atom. The molecule has 0 aromatic heterocycles. The van der Waals surface area contributed by atoms with Crippen LogP contribution in [0.1, 0.15) is 57.8 Å². The van der Waals surface area contributed by atoms with Gasteiger partial charge < -0.3 is 5.32 Å². The van der Waals surface area contributed by atoms with Crippen molar-refractivity contribution < 1.29 is 0 Å². The Labute approximate surface area is 123 Å². The van der Waals surface area contributed by atoms with Crippen molar-refractivity contribution in [2.24, 2.45) is 11.8 Å². The molecule has 0 heterocycles. The number of terminal acetylenes is 1. The molecule has 2 aliphatic carbocycles. The SMILES string of the molecule is C#CCSCCNC1CCCCC1C1CCCCC1. The summed E-state index contributed by atoms with van der Waals surface area (Å²) >= 11 is 1.88. The van der Waals surface area contributed by atoms with E-state index < -0.39 is 0 Å². The van der Waals surface area contributed by atoms with E-state index in [9.17, 15) is 0 Å². The largest absolute Gasteiger partial charge is 0.313 e. The summed E-state index contributed by atoms with van der Waals surface area (Å²) in [5.74, 6) is 6.71. The average Bonchev–Trinajstić information content (AvgIpc) is 2.48. The summed E-state index contributed by atoms with van der Waals surface area (Å²) in [6, 6.07) is 0.795. The van der Waals surface area contributed by atoms with Gasteiger partial charge in [-0.05, 0) is 24.7 Å². The molecule has 2 rings (SSSR count). The molecule has 0 aromatic rings. The molecule has 0 aromatic carbocycles. The molecule has 1 nitrogen and oxygen atoms in total. The maximum atomic E-state index is 5.28. The summed E-state index contributed by atoms with van der Waals surface area (Å²) in [6.45, 7) is 1.14. The minimum absolute atomic E-state index is 0.795. The Hall–Kier alpha value is -0.130. The van der Waals surface area contributed by atoms with Crippen LogP contribution < -0.4 is 5.32 Å². The first-order valence-electron chi connectivity index (χ1n) is 8.16. The first-order valence-corrected chi connectivity index (χ1v) is 9.32. The second-order valence-electron chi connectivity index (χ2n) is 6.16. The van der Waals surface area contributed by atoms with E-state index in [2.05, 4.69) is 11.2 Å². The second-order valence-corrected chi connectivity index (χ2v) is 7.27. The smallest absolute Gasteiger partial charge is 0.0545 e. The molecule has 108 valence electrons. The third kappa shape index (κ3) is 5.04. The fraction of sp³-hybridized carbons (Fsp3) is 0.882. The minimum Gasteiger partial charge on any atom is -0.313 e. The number of thioether (sulfide) groups is 1. The third-order valence-corrected chi connectivity index (χ3v) is 5.78. The van der Waals surface area contributed by atoms with Gasteiger partial charge in [-0.15, -0.1) is 18.2 Å². The zero-order chi connectivity index (χ0) is 13.3. The summed E-state index contributed by atoms with van der Waals surface area (Å²) in [5, 5.41) is 3.84. The van der Waals surface area contributed by atoms with Gasteiger partial charge >= 0.3 is 0 Å². The highest BCUT2D eigenvalue weighted by Crippen LogP contribution is 2.38. The molecule has 0 bridgehead atoms. The van der Waals surface area contributed by atoms with Gasteiger partial charge in [0.25, 0.3) is 0 Å². The lowest BCUT2D eigenvalue weighted by Crippen LogP contribution is -2.43. The molecule has 2 fully saturated rings. The fourth-order valence-corrected chi connectivity index (χ4v) is 4.51. The first kappa shape index (κ1) is 15.3. The van der Waals surface area contributed by atoms with E-state index in [1.807, 2.05) is 11.8 Å². The molecule has 1 N–H and O–H groups in total. The predicted molar refractivity (Wildman–Crippen MR) is 86.5 cm³/mol. The van der Waals surface area contributed by atoms with Gasteiger partial charge in [0.1, 0.15) is 0 Å². The molecule has 2 saturated carbocycles. The molecule has 19 heavy (non-hydrogen) atoms. The zero-order valence-corrected chi connectivity index (χ0v) is 13.0. The summed E-state index contributed by atoms with van der Waals surface area (Å²) in [4.78, 5) is 0. The van der Waals surface area contributed by atoms with Crippen molar-refractivity contribution in [3.63, 3.8) is 0 Å². The van der Waals surface area contributed by atoms with Crippen LogP contribution in [0, 0.1) is 24.2 Å². The van der Waals surface area contributed by atoms with E-state index >= 15 is 0 Å². The van der Waals surface area contributed by atoms with Crippen LogP contribution in [0.15, 0.2) is 0 Å². The third-order valence-electron chi connectivity index (χ3n) is 4.91. The van der Waals surface area contributed by atoms with Crippen molar-refractivity contribution in [3.8, 4) is 12.3 Å². The van der Waals surface area contributed by atoms with Gasteiger partial charge in [-0.1, -0.05) is 50.9 Å². The normalized spacial score (nSPS) is 29.0. The van der Waals surface area contributed by atoms with E-state index in [-0.39, 0.29) is 0 Å². The molecule has 0 aliphatic heterocycles. The minimum atomic E-state index is 0.795. The molecule has 0 saturated heterocycles. The maximum absolute atomic E-state index is 5.28. The Kier molecular flexibility index (Phi) is 7.17. The van der Waals surface area contributed by atoms with Crippen LogP contribution in [0.5, 0.6) is 0 Å². The highest BCUT2D eigenvalue weighted by molar-refractivity contribution is 7.99. The molecule has 0 spiro atoms. The van der Waals surface area contributed by atoms with E-state index in [1.165, 1.54) is 57.8 Å². The molecule has 0 amide bonds. The van der Waals surface area contributed by atoms with Gasteiger partial charge in [-0.2, -0.15) is 0 Å². The van der Waals surface area contributed by atoms with Gasteiger partial charge in [0.15, 0.2) is 0 Å². The van der Waals surface area contributed by atoms with Gasteiger partial charge in [0, 0.05) is 18.3 Å². The van der Waals surface area contributed by atoms with Crippen LogP contribution in [-0.2, 0) is 0 Å². The Bertz CT molecular complexity index is 277. The van der Waals surface area contributed by atoms with Crippen molar-refractivity contribution in [1.82, 2.24) is 5.32 Å². The van der Waals surface area contributed by atoms with Gasteiger partial charge in [0.2, 0.25) is 0 Å². The Balaban J connectivity index is 1.73. The molecule has 2 atom stereocenters. The standard InChI is InChI=1S/C17H29NS/c1-2-13-19-14-12-18-17-11-7-6-10-16(17)15-8-4-3-5-9-15/h1,15-18H,3-14H2. The lowest BCUT2D eigenvalue weighted by atomic mass is 9.71. The number of hydrogen-bond donors (Lipinski definition) is 1. The highest BCUT2D eigenvalue weighted by Gasteiger charge is 2.31. The molecule has 2 heteroatoms. The average molecular weight is 279 g/mol. The zero-order valence-electron chi connectivity index (χ0n) is 12.2. The Morgan fingerprint density at radius 3 is 2.53 bits per heavy atom. The monoisotopic (exact) mass is 279 g/mol. The summed E-state index contributed by atoms with van der Waals surface area (Å²) in [5.41, 5.74) is 0. The molecule has 0 radical (unpaired) electrons. The van der Waals surface area contributed by atoms with Crippen molar-refractivity contribution in [3.05, 3.63) is 0 Å². The number of rotatable bonds is 6. The van der Waals surface area contributed by atoms with Crippen LogP contribution in [-0.4, -0.2) is 24.1 Å². The molecular weight excluding hydrogens is 250 g/mol.